The number of ether oxygens (including phenoxy) is 1. The van der Waals surface area contributed by atoms with Gasteiger partial charge in [-0.25, -0.2) is 4.39 Å². The number of anilines is 1. The number of aryl methyl sites for hydroxylation is 1. The molecule has 6 nitrogen and oxygen atoms in total. The van der Waals surface area contributed by atoms with Gasteiger partial charge in [0, 0.05) is 18.7 Å². The van der Waals surface area contributed by atoms with Crippen molar-refractivity contribution in [3.8, 4) is 5.75 Å². The topological polar surface area (TPSA) is 72.7 Å². The molecule has 3 rings (SSSR count). The molecule has 0 atom stereocenters. The fourth-order valence-electron chi connectivity index (χ4n) is 2.74. The molecule has 0 aliphatic carbocycles. The van der Waals surface area contributed by atoms with Gasteiger partial charge in [-0.3, -0.25) is 14.9 Å². The molecule has 24 heavy (non-hydrogen) atoms. The normalized spacial score (nSPS) is 13.3. The van der Waals surface area contributed by atoms with Crippen LogP contribution in [-0.2, 0) is 11.2 Å². The lowest BCUT2D eigenvalue weighted by Crippen LogP contribution is -2.39. The van der Waals surface area contributed by atoms with Crippen molar-refractivity contribution in [3.05, 3.63) is 64.0 Å². The van der Waals surface area contributed by atoms with Crippen LogP contribution in [0.25, 0.3) is 0 Å². The van der Waals surface area contributed by atoms with Crippen LogP contribution in [0.5, 0.6) is 5.75 Å². The van der Waals surface area contributed by atoms with Crippen molar-refractivity contribution < 1.29 is 18.8 Å². The van der Waals surface area contributed by atoms with Gasteiger partial charge in [0.1, 0.15) is 11.6 Å². The number of carbonyl (C=O) groups is 1. The number of nitro benzene ring substituents is 1. The van der Waals surface area contributed by atoms with Gasteiger partial charge in [-0.2, -0.15) is 0 Å². The van der Waals surface area contributed by atoms with Gasteiger partial charge in [-0.1, -0.05) is 12.1 Å². The van der Waals surface area contributed by atoms with Crippen molar-refractivity contribution in [2.45, 2.75) is 12.8 Å². The number of hydrogen-bond donors (Lipinski definition) is 0. The van der Waals surface area contributed by atoms with Crippen molar-refractivity contribution in [3.63, 3.8) is 0 Å². The number of hydrogen-bond acceptors (Lipinski definition) is 4. The van der Waals surface area contributed by atoms with Gasteiger partial charge in [0.15, 0.2) is 6.61 Å². The molecular formula is C17H15FN2O4. The first-order valence-corrected chi connectivity index (χ1v) is 7.51. The van der Waals surface area contributed by atoms with Crippen molar-refractivity contribution in [2.24, 2.45) is 0 Å². The Morgan fingerprint density at radius 3 is 2.71 bits per heavy atom. The summed E-state index contributed by atoms with van der Waals surface area (Å²) in [6.07, 6.45) is 1.50. The maximum atomic E-state index is 14.1. The summed E-state index contributed by atoms with van der Waals surface area (Å²) in [5, 5.41) is 10.6. The smallest absolute Gasteiger partial charge is 0.269 e. The highest BCUT2D eigenvalue weighted by atomic mass is 19.1. The van der Waals surface area contributed by atoms with E-state index < -0.39 is 10.7 Å². The molecule has 2 aromatic carbocycles. The average molecular weight is 330 g/mol. The highest BCUT2D eigenvalue weighted by Gasteiger charge is 2.25. The minimum atomic E-state index is -0.512. The van der Waals surface area contributed by atoms with Crippen LogP contribution >= 0.6 is 0 Å². The van der Waals surface area contributed by atoms with Gasteiger partial charge >= 0.3 is 0 Å². The molecule has 0 aromatic heterocycles. The van der Waals surface area contributed by atoms with Crippen LogP contribution in [0.4, 0.5) is 15.8 Å². The molecule has 0 radical (unpaired) electrons. The summed E-state index contributed by atoms with van der Waals surface area (Å²) in [7, 11) is 0. The van der Waals surface area contributed by atoms with Gasteiger partial charge in [-0.05, 0) is 36.6 Å². The molecule has 0 unspecified atom stereocenters. The van der Waals surface area contributed by atoms with E-state index in [0.717, 1.165) is 18.4 Å². The summed E-state index contributed by atoms with van der Waals surface area (Å²) in [6.45, 7) is 0.183. The average Bonchev–Trinajstić information content (AvgIpc) is 2.60. The highest BCUT2D eigenvalue weighted by molar-refractivity contribution is 5.95. The minimum absolute atomic E-state index is 0.0549. The first-order chi connectivity index (χ1) is 11.6. The van der Waals surface area contributed by atoms with Gasteiger partial charge in [0.2, 0.25) is 0 Å². The van der Waals surface area contributed by atoms with Crippen LogP contribution in [0.1, 0.15) is 12.0 Å². The van der Waals surface area contributed by atoms with Crippen molar-refractivity contribution >= 4 is 17.3 Å². The van der Waals surface area contributed by atoms with E-state index in [2.05, 4.69) is 0 Å². The molecule has 0 saturated heterocycles. The molecule has 1 amide bonds. The molecule has 2 aromatic rings. The quantitative estimate of drug-likeness (QED) is 0.638. The predicted molar refractivity (Wildman–Crippen MR) is 85.7 cm³/mol. The van der Waals surface area contributed by atoms with E-state index >= 15 is 0 Å². The summed E-state index contributed by atoms with van der Waals surface area (Å²) in [5.74, 6) is -0.421. The van der Waals surface area contributed by atoms with Crippen molar-refractivity contribution in [2.75, 3.05) is 18.1 Å². The summed E-state index contributed by atoms with van der Waals surface area (Å²) < 4.78 is 19.4. The van der Waals surface area contributed by atoms with Gasteiger partial charge < -0.3 is 9.64 Å². The van der Waals surface area contributed by atoms with Gasteiger partial charge in [0.05, 0.1) is 10.6 Å². The highest BCUT2D eigenvalue weighted by Crippen LogP contribution is 2.30. The summed E-state index contributed by atoms with van der Waals surface area (Å²) >= 11 is 0. The Bertz CT molecular complexity index is 777. The maximum Gasteiger partial charge on any atom is 0.269 e. The number of benzene rings is 2. The lowest BCUT2D eigenvalue weighted by atomic mass is 10.0. The Balaban J connectivity index is 1.69. The lowest BCUT2D eigenvalue weighted by molar-refractivity contribution is -0.384. The van der Waals surface area contributed by atoms with E-state index in [1.807, 2.05) is 6.07 Å². The number of nitro groups is 1. The summed E-state index contributed by atoms with van der Waals surface area (Å²) in [6, 6.07) is 10.2. The monoisotopic (exact) mass is 330 g/mol. The minimum Gasteiger partial charge on any atom is -0.484 e. The molecule has 0 spiro atoms. The Morgan fingerprint density at radius 1 is 1.25 bits per heavy atom. The van der Waals surface area contributed by atoms with Crippen LogP contribution < -0.4 is 9.64 Å². The molecule has 7 heteroatoms. The van der Waals surface area contributed by atoms with Crippen molar-refractivity contribution in [1.82, 2.24) is 0 Å². The molecule has 0 fully saturated rings. The van der Waals surface area contributed by atoms with Crippen molar-refractivity contribution in [1.29, 1.82) is 0 Å². The zero-order chi connectivity index (χ0) is 17.1. The van der Waals surface area contributed by atoms with E-state index in [4.69, 9.17) is 4.74 Å². The second kappa shape index (κ2) is 6.66. The number of fused-ring (bicyclic) bond motifs is 1. The molecule has 0 saturated carbocycles. The maximum absolute atomic E-state index is 14.1. The Kier molecular flexibility index (Phi) is 4.41. The van der Waals surface area contributed by atoms with Crippen LogP contribution in [-0.4, -0.2) is 24.0 Å². The van der Waals surface area contributed by atoms with E-state index in [1.165, 1.54) is 35.2 Å². The van der Waals surface area contributed by atoms with Crippen LogP contribution in [0.3, 0.4) is 0 Å². The van der Waals surface area contributed by atoms with Crippen LogP contribution in [0.15, 0.2) is 42.5 Å². The number of nitrogens with zero attached hydrogens (tertiary/aromatic N) is 2. The summed E-state index contributed by atoms with van der Waals surface area (Å²) in [5.41, 5.74) is 1.08. The third-order valence-corrected chi connectivity index (χ3v) is 3.88. The second-order valence-electron chi connectivity index (χ2n) is 5.44. The summed E-state index contributed by atoms with van der Waals surface area (Å²) in [4.78, 5) is 23.9. The molecule has 0 N–H and O–H groups in total. The van der Waals surface area contributed by atoms with Crippen LogP contribution in [0.2, 0.25) is 0 Å². The zero-order valence-corrected chi connectivity index (χ0v) is 12.8. The van der Waals surface area contributed by atoms with E-state index in [1.54, 1.807) is 6.07 Å². The Hall–Kier alpha value is -2.96. The SMILES string of the molecule is O=C(COc1ccc([N+](=O)[O-])cc1)N1CCCc2cccc(F)c21. The number of non-ortho nitro benzene ring substituents is 1. The van der Waals surface area contributed by atoms with E-state index in [0.29, 0.717) is 18.0 Å². The van der Waals surface area contributed by atoms with Gasteiger partial charge in [0.25, 0.3) is 11.6 Å². The molecule has 124 valence electrons. The fraction of sp³-hybridized carbons (Fsp3) is 0.235. The third-order valence-electron chi connectivity index (χ3n) is 3.88. The van der Waals surface area contributed by atoms with E-state index in [-0.39, 0.29) is 18.2 Å². The molecule has 1 heterocycles. The van der Waals surface area contributed by atoms with E-state index in [9.17, 15) is 19.3 Å². The predicted octanol–water partition coefficient (Wildman–Crippen LogP) is 3.09. The largest absolute Gasteiger partial charge is 0.484 e. The molecule has 1 aliphatic rings. The molecule has 1 aliphatic heterocycles. The first kappa shape index (κ1) is 15.9. The number of carbonyl (C=O) groups excluding carboxylic acids is 1. The second-order valence-corrected chi connectivity index (χ2v) is 5.44. The Labute approximate surface area is 137 Å². The Morgan fingerprint density at radius 2 is 2.00 bits per heavy atom. The van der Waals surface area contributed by atoms with Crippen LogP contribution in [0, 0.1) is 15.9 Å². The molecular weight excluding hydrogens is 315 g/mol. The number of rotatable bonds is 4. The number of amides is 1. The lowest BCUT2D eigenvalue weighted by Gasteiger charge is -2.29. The first-order valence-electron chi connectivity index (χ1n) is 7.51. The van der Waals surface area contributed by atoms with Gasteiger partial charge in [-0.15, -0.1) is 0 Å². The fourth-order valence-corrected chi connectivity index (χ4v) is 2.74. The standard InChI is InChI=1S/C17H15FN2O4/c18-15-5-1-3-12-4-2-10-19(17(12)15)16(21)11-24-14-8-6-13(7-9-14)20(22)23/h1,3,5-9H,2,4,10-11H2. The number of halogens is 1. The molecule has 0 bridgehead atoms. The zero-order valence-electron chi connectivity index (χ0n) is 12.8. The third kappa shape index (κ3) is 3.19. The number of para-hydroxylation sites is 1.